The first-order valence-electron chi connectivity index (χ1n) is 10.5. The number of benzene rings is 1. The summed E-state index contributed by atoms with van der Waals surface area (Å²) < 4.78 is 12.7. The molecule has 1 aromatic rings. The second-order valence-electron chi connectivity index (χ2n) is 9.82. The summed E-state index contributed by atoms with van der Waals surface area (Å²) in [5, 5.41) is 20.3. The highest BCUT2D eigenvalue weighted by Crippen LogP contribution is 2.37. The van der Waals surface area contributed by atoms with E-state index < -0.39 is 14.4 Å². The normalized spacial score (nSPS) is 18.4. The van der Waals surface area contributed by atoms with Crippen molar-refractivity contribution in [1.82, 2.24) is 0 Å². The monoisotopic (exact) mass is 410 g/mol. The fourth-order valence-electron chi connectivity index (χ4n) is 3.07. The molecule has 0 spiro atoms. The first kappa shape index (κ1) is 25.3. The van der Waals surface area contributed by atoms with Crippen LogP contribution in [-0.2, 0) is 15.8 Å². The lowest BCUT2D eigenvalue weighted by Gasteiger charge is -2.39. The highest BCUT2D eigenvalue weighted by molar-refractivity contribution is 6.74. The lowest BCUT2D eigenvalue weighted by Crippen LogP contribution is -2.45. The van der Waals surface area contributed by atoms with Gasteiger partial charge in [-0.1, -0.05) is 71.9 Å². The van der Waals surface area contributed by atoms with E-state index in [1.54, 1.807) is 0 Å². The Bertz CT molecular complexity index is 555. The van der Waals surface area contributed by atoms with Crippen LogP contribution in [0.15, 0.2) is 30.3 Å². The molecule has 4 nitrogen and oxygen atoms in total. The van der Waals surface area contributed by atoms with Gasteiger partial charge >= 0.3 is 0 Å². The SMILES string of the molecule is C[C@@H]([C@H](O)[C@H](C)CO)[C@H](OCc1ccccc1)[C@H](C)CO[Si](C)(C)C(C)(C)C. The molecule has 5 atom stereocenters. The molecule has 0 aliphatic heterocycles. The summed E-state index contributed by atoms with van der Waals surface area (Å²) in [4.78, 5) is 0. The second-order valence-corrected chi connectivity index (χ2v) is 14.6. The summed E-state index contributed by atoms with van der Waals surface area (Å²) in [7, 11) is -1.85. The zero-order valence-electron chi connectivity index (χ0n) is 19.1. The van der Waals surface area contributed by atoms with Crippen molar-refractivity contribution in [3.8, 4) is 0 Å². The van der Waals surface area contributed by atoms with Crippen LogP contribution in [0.1, 0.15) is 47.1 Å². The summed E-state index contributed by atoms with van der Waals surface area (Å²) in [5.41, 5.74) is 1.11. The highest BCUT2D eigenvalue weighted by atomic mass is 28.4. The summed E-state index contributed by atoms with van der Waals surface area (Å²) in [6.45, 7) is 18.3. The number of aliphatic hydroxyl groups excluding tert-OH is 2. The fourth-order valence-corrected chi connectivity index (χ4v) is 4.19. The van der Waals surface area contributed by atoms with Crippen LogP contribution < -0.4 is 0 Å². The molecule has 0 heterocycles. The molecular formula is C23H42O4Si. The quantitative estimate of drug-likeness (QED) is 0.512. The maximum Gasteiger partial charge on any atom is 0.191 e. The lowest BCUT2D eigenvalue weighted by molar-refractivity contribution is -0.0883. The Morgan fingerprint density at radius 3 is 2.07 bits per heavy atom. The van der Waals surface area contributed by atoms with Crippen molar-refractivity contribution < 1.29 is 19.4 Å². The molecule has 0 fully saturated rings. The van der Waals surface area contributed by atoms with Gasteiger partial charge in [-0.05, 0) is 23.7 Å². The molecule has 5 heteroatoms. The number of aliphatic hydroxyl groups is 2. The molecule has 162 valence electrons. The molecule has 0 aliphatic carbocycles. The van der Waals surface area contributed by atoms with Crippen molar-refractivity contribution in [3.05, 3.63) is 35.9 Å². The molecule has 0 saturated heterocycles. The number of ether oxygens (including phenoxy) is 1. The second kappa shape index (κ2) is 10.9. The van der Waals surface area contributed by atoms with E-state index in [-0.39, 0.29) is 35.5 Å². The van der Waals surface area contributed by atoms with Gasteiger partial charge in [-0.2, -0.15) is 0 Å². The van der Waals surface area contributed by atoms with Gasteiger partial charge in [0.25, 0.3) is 0 Å². The van der Waals surface area contributed by atoms with Gasteiger partial charge in [-0.3, -0.25) is 0 Å². The minimum atomic E-state index is -1.85. The zero-order chi connectivity index (χ0) is 21.5. The Hall–Kier alpha value is -0.723. The van der Waals surface area contributed by atoms with E-state index in [4.69, 9.17) is 9.16 Å². The topological polar surface area (TPSA) is 58.9 Å². The third kappa shape index (κ3) is 7.27. The van der Waals surface area contributed by atoms with Gasteiger partial charge in [0.05, 0.1) is 18.8 Å². The van der Waals surface area contributed by atoms with Crippen molar-refractivity contribution in [2.24, 2.45) is 17.8 Å². The minimum Gasteiger partial charge on any atom is -0.416 e. The van der Waals surface area contributed by atoms with Crippen LogP contribution in [0.3, 0.4) is 0 Å². The van der Waals surface area contributed by atoms with E-state index in [0.717, 1.165) is 5.56 Å². The zero-order valence-corrected chi connectivity index (χ0v) is 20.1. The highest BCUT2D eigenvalue weighted by Gasteiger charge is 2.39. The van der Waals surface area contributed by atoms with Crippen LogP contribution in [0, 0.1) is 17.8 Å². The van der Waals surface area contributed by atoms with Crippen molar-refractivity contribution in [3.63, 3.8) is 0 Å². The molecule has 1 rings (SSSR count). The van der Waals surface area contributed by atoms with Crippen LogP contribution in [0.25, 0.3) is 0 Å². The molecule has 1 aromatic carbocycles. The van der Waals surface area contributed by atoms with Gasteiger partial charge in [0.1, 0.15) is 0 Å². The number of hydrogen-bond acceptors (Lipinski definition) is 4. The van der Waals surface area contributed by atoms with Crippen molar-refractivity contribution >= 4 is 8.32 Å². The summed E-state index contributed by atoms with van der Waals surface area (Å²) in [5.74, 6) is -0.163. The minimum absolute atomic E-state index is 0.0360. The average Bonchev–Trinajstić information content (AvgIpc) is 2.65. The summed E-state index contributed by atoms with van der Waals surface area (Å²) >= 11 is 0. The lowest BCUT2D eigenvalue weighted by atomic mass is 9.84. The molecule has 0 amide bonds. The number of rotatable bonds is 11. The predicted molar refractivity (Wildman–Crippen MR) is 119 cm³/mol. The molecule has 0 saturated carbocycles. The Morgan fingerprint density at radius 2 is 1.57 bits per heavy atom. The van der Waals surface area contributed by atoms with Gasteiger partial charge in [-0.15, -0.1) is 0 Å². The average molecular weight is 411 g/mol. The standard InChI is InChI=1S/C23H42O4Si/c1-17(14-24)21(25)19(3)22(26-16-20-12-10-9-11-13-20)18(2)15-27-28(7,8)23(4,5)6/h9-13,17-19,21-22,24-25H,14-16H2,1-8H3/t17-,18-,19+,21-,22-/m1/s1. The predicted octanol–water partition coefficient (Wildman–Crippen LogP) is 4.86. The fraction of sp³-hybridized carbons (Fsp3) is 0.739. The summed E-state index contributed by atoms with van der Waals surface area (Å²) in [6.07, 6.45) is -0.782. The Balaban J connectivity index is 2.88. The molecule has 0 aliphatic rings. The number of hydrogen-bond donors (Lipinski definition) is 2. The van der Waals surface area contributed by atoms with Crippen LogP contribution >= 0.6 is 0 Å². The van der Waals surface area contributed by atoms with Gasteiger partial charge in [0.2, 0.25) is 0 Å². The smallest absolute Gasteiger partial charge is 0.191 e. The van der Waals surface area contributed by atoms with Gasteiger partial charge in [0.15, 0.2) is 8.32 Å². The first-order chi connectivity index (χ1) is 12.9. The largest absolute Gasteiger partial charge is 0.416 e. The van der Waals surface area contributed by atoms with E-state index in [1.807, 2.05) is 44.2 Å². The molecule has 0 radical (unpaired) electrons. The molecule has 0 aromatic heterocycles. The van der Waals surface area contributed by atoms with Crippen LogP contribution in [0.2, 0.25) is 18.1 Å². The van der Waals surface area contributed by atoms with E-state index >= 15 is 0 Å². The van der Waals surface area contributed by atoms with Crippen LogP contribution in [-0.4, -0.2) is 44.0 Å². The van der Waals surface area contributed by atoms with Gasteiger partial charge < -0.3 is 19.4 Å². The van der Waals surface area contributed by atoms with Crippen molar-refractivity contribution in [2.75, 3.05) is 13.2 Å². The van der Waals surface area contributed by atoms with E-state index in [1.165, 1.54) is 0 Å². The summed E-state index contributed by atoms with van der Waals surface area (Å²) in [6, 6.07) is 10.1. The molecule has 0 unspecified atom stereocenters. The third-order valence-electron chi connectivity index (χ3n) is 6.29. The van der Waals surface area contributed by atoms with E-state index in [9.17, 15) is 10.2 Å². The maximum atomic E-state index is 10.7. The van der Waals surface area contributed by atoms with Crippen molar-refractivity contribution in [2.45, 2.75) is 78.5 Å². The Kier molecular flexibility index (Phi) is 9.84. The van der Waals surface area contributed by atoms with Gasteiger partial charge in [0, 0.05) is 31.0 Å². The Morgan fingerprint density at radius 1 is 1.00 bits per heavy atom. The molecular weight excluding hydrogens is 368 g/mol. The molecule has 2 N–H and O–H groups in total. The Labute approximate surface area is 173 Å². The van der Waals surface area contributed by atoms with E-state index in [2.05, 4.69) is 40.8 Å². The van der Waals surface area contributed by atoms with Crippen LogP contribution in [0.5, 0.6) is 0 Å². The van der Waals surface area contributed by atoms with E-state index in [0.29, 0.717) is 13.2 Å². The third-order valence-corrected chi connectivity index (χ3v) is 10.8. The van der Waals surface area contributed by atoms with Crippen LogP contribution in [0.4, 0.5) is 0 Å². The van der Waals surface area contributed by atoms with Crippen molar-refractivity contribution in [1.29, 1.82) is 0 Å². The first-order valence-corrected chi connectivity index (χ1v) is 13.4. The molecule has 28 heavy (non-hydrogen) atoms. The van der Waals surface area contributed by atoms with Gasteiger partial charge in [-0.25, -0.2) is 0 Å². The maximum absolute atomic E-state index is 10.7. The molecule has 0 bridgehead atoms.